The number of carboxylic acid groups (broad SMARTS) is 1. The minimum atomic E-state index is -0.814. The molecule has 1 saturated heterocycles. The number of fused-ring (bicyclic) bond motifs is 1. The summed E-state index contributed by atoms with van der Waals surface area (Å²) >= 11 is 0. The smallest absolute Gasteiger partial charge is 0.407 e. The standard InChI is InChI=1S/C14H15NO3/c16-14(17)15-7-5-10(6-8-15)12-9-18-13-4-2-1-3-11(12)13/h1-4,9-10H,5-8H2,(H,16,17). The molecule has 1 aromatic carbocycles. The molecule has 18 heavy (non-hydrogen) atoms. The van der Waals surface area contributed by atoms with Gasteiger partial charge in [-0.1, -0.05) is 18.2 Å². The Hall–Kier alpha value is -1.97. The lowest BCUT2D eigenvalue weighted by Gasteiger charge is -2.29. The maximum atomic E-state index is 10.9. The van der Waals surface area contributed by atoms with Crippen LogP contribution in [0.5, 0.6) is 0 Å². The number of likely N-dealkylation sites (tertiary alicyclic amines) is 1. The Morgan fingerprint density at radius 2 is 2.00 bits per heavy atom. The van der Waals surface area contributed by atoms with Crippen LogP contribution in [-0.2, 0) is 0 Å². The van der Waals surface area contributed by atoms with Crippen LogP contribution in [0.2, 0.25) is 0 Å². The van der Waals surface area contributed by atoms with E-state index in [-0.39, 0.29) is 0 Å². The fourth-order valence-electron chi connectivity index (χ4n) is 2.70. The molecule has 0 bridgehead atoms. The van der Waals surface area contributed by atoms with Crippen molar-refractivity contribution < 1.29 is 14.3 Å². The minimum absolute atomic E-state index is 0.407. The SMILES string of the molecule is O=C(O)N1CCC(c2coc3ccccc23)CC1. The first-order valence-electron chi connectivity index (χ1n) is 6.19. The Kier molecular flexibility index (Phi) is 2.70. The maximum absolute atomic E-state index is 10.9. The number of para-hydroxylation sites is 1. The highest BCUT2D eigenvalue weighted by atomic mass is 16.4. The highest BCUT2D eigenvalue weighted by Gasteiger charge is 2.25. The van der Waals surface area contributed by atoms with E-state index in [9.17, 15) is 4.79 Å². The first-order chi connectivity index (χ1) is 8.75. The molecule has 0 radical (unpaired) electrons. The molecule has 0 spiro atoms. The predicted octanol–water partition coefficient (Wildman–Crippen LogP) is 3.29. The van der Waals surface area contributed by atoms with Crippen molar-refractivity contribution in [1.29, 1.82) is 0 Å². The van der Waals surface area contributed by atoms with E-state index in [4.69, 9.17) is 9.52 Å². The van der Waals surface area contributed by atoms with Gasteiger partial charge in [0.25, 0.3) is 0 Å². The monoisotopic (exact) mass is 245 g/mol. The molecule has 1 fully saturated rings. The van der Waals surface area contributed by atoms with Crippen molar-refractivity contribution in [1.82, 2.24) is 4.90 Å². The van der Waals surface area contributed by atoms with Crippen LogP contribution in [-0.4, -0.2) is 29.2 Å². The number of carbonyl (C=O) groups is 1. The van der Waals surface area contributed by atoms with Gasteiger partial charge < -0.3 is 14.4 Å². The summed E-state index contributed by atoms with van der Waals surface area (Å²) in [5.74, 6) is 0.407. The van der Waals surface area contributed by atoms with Gasteiger partial charge in [-0.05, 0) is 24.8 Å². The maximum Gasteiger partial charge on any atom is 0.407 e. The average molecular weight is 245 g/mol. The third kappa shape index (κ3) is 1.83. The first-order valence-corrected chi connectivity index (χ1v) is 6.19. The van der Waals surface area contributed by atoms with Crippen molar-refractivity contribution in [2.24, 2.45) is 0 Å². The molecule has 4 heteroatoms. The zero-order chi connectivity index (χ0) is 12.5. The van der Waals surface area contributed by atoms with Gasteiger partial charge in [0.05, 0.1) is 6.26 Å². The summed E-state index contributed by atoms with van der Waals surface area (Å²) in [5.41, 5.74) is 2.13. The fourth-order valence-corrected chi connectivity index (χ4v) is 2.70. The van der Waals surface area contributed by atoms with E-state index in [1.54, 1.807) is 0 Å². The highest BCUT2D eigenvalue weighted by molar-refractivity contribution is 5.81. The van der Waals surface area contributed by atoms with Gasteiger partial charge in [0.1, 0.15) is 5.58 Å². The third-order valence-corrected chi connectivity index (χ3v) is 3.72. The number of rotatable bonds is 1. The summed E-state index contributed by atoms with van der Waals surface area (Å²) in [6.07, 6.45) is 2.75. The van der Waals surface area contributed by atoms with Crippen LogP contribution in [0.15, 0.2) is 34.9 Å². The van der Waals surface area contributed by atoms with Crippen LogP contribution >= 0.6 is 0 Å². The van der Waals surface area contributed by atoms with Crippen LogP contribution in [0.4, 0.5) is 4.79 Å². The molecule has 4 nitrogen and oxygen atoms in total. The number of amides is 1. The molecular formula is C14H15NO3. The molecule has 1 aliphatic heterocycles. The van der Waals surface area contributed by atoms with Gasteiger partial charge in [0.2, 0.25) is 0 Å². The normalized spacial score (nSPS) is 17.2. The second kappa shape index (κ2) is 4.37. The van der Waals surface area contributed by atoms with Crippen LogP contribution < -0.4 is 0 Å². The molecule has 3 rings (SSSR count). The second-order valence-electron chi connectivity index (χ2n) is 4.73. The van der Waals surface area contributed by atoms with Gasteiger partial charge in [-0.25, -0.2) is 4.79 Å². The number of piperidine rings is 1. The Bertz CT molecular complexity index is 567. The zero-order valence-corrected chi connectivity index (χ0v) is 10.0. The average Bonchev–Trinajstić information content (AvgIpc) is 2.82. The van der Waals surface area contributed by atoms with E-state index in [2.05, 4.69) is 6.07 Å². The molecule has 1 amide bonds. The summed E-state index contributed by atoms with van der Waals surface area (Å²) in [6, 6.07) is 8.00. The Labute approximate surface area is 105 Å². The van der Waals surface area contributed by atoms with Crippen molar-refractivity contribution in [3.8, 4) is 0 Å². The molecule has 1 aliphatic rings. The molecule has 2 heterocycles. The first kappa shape index (κ1) is 11.1. The zero-order valence-electron chi connectivity index (χ0n) is 10.0. The number of furan rings is 1. The minimum Gasteiger partial charge on any atom is -0.465 e. The lowest BCUT2D eigenvalue weighted by molar-refractivity contribution is 0.132. The molecule has 0 unspecified atom stereocenters. The summed E-state index contributed by atoms with van der Waals surface area (Å²) in [5, 5.41) is 10.1. The molecule has 0 atom stereocenters. The van der Waals surface area contributed by atoms with E-state index in [0.717, 1.165) is 23.8 Å². The van der Waals surface area contributed by atoms with Gasteiger partial charge in [-0.3, -0.25) is 0 Å². The van der Waals surface area contributed by atoms with E-state index in [1.807, 2.05) is 24.5 Å². The van der Waals surface area contributed by atoms with Gasteiger partial charge in [-0.2, -0.15) is 0 Å². The summed E-state index contributed by atoms with van der Waals surface area (Å²) in [4.78, 5) is 12.4. The Balaban J connectivity index is 1.82. The highest BCUT2D eigenvalue weighted by Crippen LogP contribution is 2.34. The quantitative estimate of drug-likeness (QED) is 0.838. The lowest BCUT2D eigenvalue weighted by Crippen LogP contribution is -2.36. The van der Waals surface area contributed by atoms with Crippen molar-refractivity contribution >= 4 is 17.1 Å². The van der Waals surface area contributed by atoms with E-state index in [1.165, 1.54) is 10.5 Å². The Morgan fingerprint density at radius 1 is 1.28 bits per heavy atom. The largest absolute Gasteiger partial charge is 0.465 e. The Morgan fingerprint density at radius 3 is 2.72 bits per heavy atom. The summed E-state index contributed by atoms with van der Waals surface area (Å²) < 4.78 is 5.55. The van der Waals surface area contributed by atoms with Gasteiger partial charge >= 0.3 is 6.09 Å². The van der Waals surface area contributed by atoms with Crippen LogP contribution in [0.3, 0.4) is 0 Å². The molecule has 0 saturated carbocycles. The van der Waals surface area contributed by atoms with Crippen molar-refractivity contribution in [2.45, 2.75) is 18.8 Å². The molecule has 1 N–H and O–H groups in total. The summed E-state index contributed by atoms with van der Waals surface area (Å²) in [7, 11) is 0. The molecule has 0 aliphatic carbocycles. The second-order valence-corrected chi connectivity index (χ2v) is 4.73. The lowest BCUT2D eigenvalue weighted by atomic mass is 9.89. The third-order valence-electron chi connectivity index (χ3n) is 3.72. The van der Waals surface area contributed by atoms with E-state index < -0.39 is 6.09 Å². The summed E-state index contributed by atoms with van der Waals surface area (Å²) in [6.45, 7) is 1.22. The fraction of sp³-hybridized carbons (Fsp3) is 0.357. The van der Waals surface area contributed by atoms with Crippen LogP contribution in [0.1, 0.15) is 24.3 Å². The van der Waals surface area contributed by atoms with Crippen LogP contribution in [0, 0.1) is 0 Å². The number of hydrogen-bond donors (Lipinski definition) is 1. The van der Waals surface area contributed by atoms with Gasteiger partial charge in [0.15, 0.2) is 0 Å². The van der Waals surface area contributed by atoms with E-state index >= 15 is 0 Å². The molecular weight excluding hydrogens is 230 g/mol. The number of hydrogen-bond acceptors (Lipinski definition) is 2. The van der Waals surface area contributed by atoms with Gasteiger partial charge in [0, 0.05) is 24.0 Å². The molecule has 1 aromatic heterocycles. The number of benzene rings is 1. The topological polar surface area (TPSA) is 53.7 Å². The van der Waals surface area contributed by atoms with E-state index in [0.29, 0.717) is 19.0 Å². The van der Waals surface area contributed by atoms with Crippen molar-refractivity contribution in [2.75, 3.05) is 13.1 Å². The number of nitrogens with zero attached hydrogens (tertiary/aromatic N) is 1. The molecule has 2 aromatic rings. The van der Waals surface area contributed by atoms with Crippen molar-refractivity contribution in [3.63, 3.8) is 0 Å². The predicted molar refractivity (Wildman–Crippen MR) is 67.8 cm³/mol. The van der Waals surface area contributed by atoms with Gasteiger partial charge in [-0.15, -0.1) is 0 Å². The van der Waals surface area contributed by atoms with Crippen molar-refractivity contribution in [3.05, 3.63) is 36.1 Å². The molecule has 94 valence electrons. The van der Waals surface area contributed by atoms with Crippen LogP contribution in [0.25, 0.3) is 11.0 Å².